The van der Waals surface area contributed by atoms with Crippen molar-refractivity contribution in [3.05, 3.63) is 0 Å². The molecule has 2 saturated heterocycles. The highest BCUT2D eigenvalue weighted by atomic mass is 15.2. The van der Waals surface area contributed by atoms with Crippen LogP contribution in [0.5, 0.6) is 0 Å². The molecule has 1 atom stereocenters. The van der Waals surface area contributed by atoms with Crippen molar-refractivity contribution in [3.8, 4) is 6.07 Å². The van der Waals surface area contributed by atoms with E-state index in [2.05, 4.69) is 16.3 Å². The number of hydrogen-bond acceptors (Lipinski definition) is 3. The average molecular weight is 179 g/mol. The molecule has 0 spiro atoms. The van der Waals surface area contributed by atoms with Gasteiger partial charge >= 0.3 is 0 Å². The van der Waals surface area contributed by atoms with Crippen LogP contribution in [-0.2, 0) is 0 Å². The van der Waals surface area contributed by atoms with Crippen molar-refractivity contribution < 1.29 is 0 Å². The standard InChI is InChI=1S/C10H17N3/c11-6-10(9-7-12-8-9)13-4-2-1-3-5-13/h9-10,12H,1-5,7-8H2. The van der Waals surface area contributed by atoms with Crippen LogP contribution in [0.1, 0.15) is 19.3 Å². The maximum atomic E-state index is 9.09. The van der Waals surface area contributed by atoms with Crippen LogP contribution in [0.2, 0.25) is 0 Å². The average Bonchev–Trinajstić information content (AvgIpc) is 2.12. The summed E-state index contributed by atoms with van der Waals surface area (Å²) in [6, 6.07) is 2.64. The van der Waals surface area contributed by atoms with E-state index < -0.39 is 0 Å². The summed E-state index contributed by atoms with van der Waals surface area (Å²) in [6.07, 6.45) is 3.90. The van der Waals surface area contributed by atoms with Gasteiger partial charge in [0.2, 0.25) is 0 Å². The molecule has 0 bridgehead atoms. The predicted octanol–water partition coefficient (Wildman–Crippen LogP) is 0.584. The summed E-state index contributed by atoms with van der Waals surface area (Å²) in [4.78, 5) is 2.37. The maximum absolute atomic E-state index is 9.09. The molecular weight excluding hydrogens is 162 g/mol. The number of nitrogens with one attached hydrogen (secondary N) is 1. The lowest BCUT2D eigenvalue weighted by atomic mass is 9.92. The Labute approximate surface area is 79.7 Å². The van der Waals surface area contributed by atoms with Crippen molar-refractivity contribution >= 4 is 0 Å². The molecule has 0 aromatic carbocycles. The van der Waals surface area contributed by atoms with E-state index in [4.69, 9.17) is 5.26 Å². The van der Waals surface area contributed by atoms with E-state index in [1.165, 1.54) is 19.3 Å². The highest BCUT2D eigenvalue weighted by Gasteiger charge is 2.31. The Kier molecular flexibility index (Phi) is 2.82. The molecule has 72 valence electrons. The van der Waals surface area contributed by atoms with Crippen LogP contribution < -0.4 is 5.32 Å². The van der Waals surface area contributed by atoms with Crippen LogP contribution in [0.4, 0.5) is 0 Å². The molecule has 2 heterocycles. The molecule has 0 radical (unpaired) electrons. The third-order valence-electron chi connectivity index (χ3n) is 3.18. The molecule has 0 amide bonds. The number of nitriles is 1. The molecule has 2 aliphatic heterocycles. The fourth-order valence-electron chi connectivity index (χ4n) is 2.22. The second-order valence-corrected chi connectivity index (χ2v) is 4.09. The lowest BCUT2D eigenvalue weighted by molar-refractivity contribution is 0.125. The summed E-state index contributed by atoms with van der Waals surface area (Å²) in [5.74, 6) is 0.586. The fraction of sp³-hybridized carbons (Fsp3) is 0.900. The molecule has 0 saturated carbocycles. The Morgan fingerprint density at radius 1 is 1.23 bits per heavy atom. The van der Waals surface area contributed by atoms with E-state index in [0.717, 1.165) is 26.2 Å². The number of likely N-dealkylation sites (tertiary alicyclic amines) is 1. The molecule has 2 aliphatic rings. The lowest BCUT2D eigenvalue weighted by Gasteiger charge is -2.39. The molecular formula is C10H17N3. The highest BCUT2D eigenvalue weighted by Crippen LogP contribution is 2.19. The smallest absolute Gasteiger partial charge is 0.103 e. The van der Waals surface area contributed by atoms with E-state index in [0.29, 0.717) is 5.92 Å². The first kappa shape index (κ1) is 8.98. The molecule has 0 aromatic rings. The minimum absolute atomic E-state index is 0.182. The quantitative estimate of drug-likeness (QED) is 0.674. The largest absolute Gasteiger partial charge is 0.316 e. The zero-order chi connectivity index (χ0) is 9.10. The van der Waals surface area contributed by atoms with E-state index in [-0.39, 0.29) is 6.04 Å². The van der Waals surface area contributed by atoms with E-state index in [1.54, 1.807) is 0 Å². The molecule has 2 fully saturated rings. The molecule has 13 heavy (non-hydrogen) atoms. The summed E-state index contributed by atoms with van der Waals surface area (Å²) in [5.41, 5.74) is 0. The second kappa shape index (κ2) is 4.08. The van der Waals surface area contributed by atoms with Crippen LogP contribution in [0.3, 0.4) is 0 Å². The van der Waals surface area contributed by atoms with Gasteiger partial charge in [-0.05, 0) is 25.9 Å². The van der Waals surface area contributed by atoms with E-state index in [1.807, 2.05) is 0 Å². The van der Waals surface area contributed by atoms with Gasteiger partial charge in [-0.2, -0.15) is 5.26 Å². The van der Waals surface area contributed by atoms with Crippen LogP contribution in [0.25, 0.3) is 0 Å². The number of nitrogens with zero attached hydrogens (tertiary/aromatic N) is 2. The summed E-state index contributed by atoms with van der Waals surface area (Å²) >= 11 is 0. The minimum Gasteiger partial charge on any atom is -0.316 e. The predicted molar refractivity (Wildman–Crippen MR) is 51.2 cm³/mol. The van der Waals surface area contributed by atoms with Crippen molar-refractivity contribution in [1.82, 2.24) is 10.2 Å². The highest BCUT2D eigenvalue weighted by molar-refractivity contribution is 5.01. The number of piperidine rings is 1. The van der Waals surface area contributed by atoms with Crippen LogP contribution in [0.15, 0.2) is 0 Å². The van der Waals surface area contributed by atoms with Crippen molar-refractivity contribution in [1.29, 1.82) is 5.26 Å². The first-order valence-corrected chi connectivity index (χ1v) is 5.26. The summed E-state index contributed by atoms with van der Waals surface area (Å²) in [6.45, 7) is 4.34. The van der Waals surface area contributed by atoms with Gasteiger partial charge in [-0.1, -0.05) is 6.42 Å². The SMILES string of the molecule is N#CC(C1CNC1)N1CCCCC1. The third-order valence-corrected chi connectivity index (χ3v) is 3.18. The molecule has 2 rings (SSSR count). The lowest BCUT2D eigenvalue weighted by Crippen LogP contribution is -2.55. The van der Waals surface area contributed by atoms with Crippen molar-refractivity contribution in [2.45, 2.75) is 25.3 Å². The normalized spacial score (nSPS) is 27.6. The molecule has 1 N–H and O–H groups in total. The van der Waals surface area contributed by atoms with Crippen LogP contribution in [-0.4, -0.2) is 37.1 Å². The van der Waals surface area contributed by atoms with Gasteiger partial charge in [0, 0.05) is 19.0 Å². The molecule has 1 unspecified atom stereocenters. The monoisotopic (exact) mass is 179 g/mol. The number of rotatable bonds is 2. The van der Waals surface area contributed by atoms with Gasteiger partial charge in [-0.3, -0.25) is 4.90 Å². The fourth-order valence-corrected chi connectivity index (χ4v) is 2.22. The van der Waals surface area contributed by atoms with Gasteiger partial charge in [0.15, 0.2) is 0 Å². The van der Waals surface area contributed by atoms with Gasteiger partial charge in [0.1, 0.15) is 6.04 Å². The minimum atomic E-state index is 0.182. The Hall–Kier alpha value is -0.590. The van der Waals surface area contributed by atoms with E-state index >= 15 is 0 Å². The maximum Gasteiger partial charge on any atom is 0.103 e. The van der Waals surface area contributed by atoms with Gasteiger partial charge in [-0.15, -0.1) is 0 Å². The summed E-state index contributed by atoms with van der Waals surface area (Å²) < 4.78 is 0. The van der Waals surface area contributed by atoms with Gasteiger partial charge in [0.05, 0.1) is 6.07 Å². The molecule has 3 heteroatoms. The molecule has 0 aliphatic carbocycles. The second-order valence-electron chi connectivity index (χ2n) is 4.09. The zero-order valence-electron chi connectivity index (χ0n) is 8.00. The Bertz CT molecular complexity index is 199. The topological polar surface area (TPSA) is 39.1 Å². The molecule has 0 aromatic heterocycles. The van der Waals surface area contributed by atoms with E-state index in [9.17, 15) is 0 Å². The zero-order valence-corrected chi connectivity index (χ0v) is 8.00. The van der Waals surface area contributed by atoms with Crippen molar-refractivity contribution in [3.63, 3.8) is 0 Å². The van der Waals surface area contributed by atoms with Crippen LogP contribution >= 0.6 is 0 Å². The van der Waals surface area contributed by atoms with Crippen LogP contribution in [0, 0.1) is 17.2 Å². The van der Waals surface area contributed by atoms with Gasteiger partial charge < -0.3 is 5.32 Å². The Morgan fingerprint density at radius 2 is 1.92 bits per heavy atom. The Morgan fingerprint density at radius 3 is 2.38 bits per heavy atom. The summed E-state index contributed by atoms with van der Waals surface area (Å²) in [5, 5.41) is 12.3. The van der Waals surface area contributed by atoms with Gasteiger partial charge in [-0.25, -0.2) is 0 Å². The third kappa shape index (κ3) is 1.84. The Balaban J connectivity index is 1.90. The first-order valence-electron chi connectivity index (χ1n) is 5.26. The number of hydrogen-bond donors (Lipinski definition) is 1. The van der Waals surface area contributed by atoms with Crippen molar-refractivity contribution in [2.24, 2.45) is 5.92 Å². The van der Waals surface area contributed by atoms with Gasteiger partial charge in [0.25, 0.3) is 0 Å². The summed E-state index contributed by atoms with van der Waals surface area (Å²) in [7, 11) is 0. The van der Waals surface area contributed by atoms with Crippen molar-refractivity contribution in [2.75, 3.05) is 26.2 Å². The molecule has 3 nitrogen and oxygen atoms in total. The first-order chi connectivity index (χ1) is 6.42.